The Bertz CT molecular complexity index is 405. The zero-order valence-corrected chi connectivity index (χ0v) is 14.5. The second kappa shape index (κ2) is 8.20. The van der Waals surface area contributed by atoms with E-state index in [-0.39, 0.29) is 11.9 Å². The number of amides is 2. The topological polar surface area (TPSA) is 58.6 Å². The fourth-order valence-electron chi connectivity index (χ4n) is 2.39. The Hall–Kier alpha value is -1.52. The maximum absolute atomic E-state index is 12.0. The van der Waals surface area contributed by atoms with Crippen LogP contribution in [-0.2, 0) is 9.53 Å². The first-order chi connectivity index (χ1) is 10.2. The Kier molecular flexibility index (Phi) is 6.91. The van der Waals surface area contributed by atoms with E-state index in [0.29, 0.717) is 5.92 Å². The van der Waals surface area contributed by atoms with E-state index >= 15 is 0 Å². The molecule has 22 heavy (non-hydrogen) atoms. The van der Waals surface area contributed by atoms with Crippen LogP contribution in [0.4, 0.5) is 4.79 Å². The number of carbonyl (C=O) groups excluding carboxylic acids is 2. The first kappa shape index (κ1) is 18.5. The minimum atomic E-state index is -0.526. The van der Waals surface area contributed by atoms with Crippen LogP contribution in [0.1, 0.15) is 53.9 Å². The number of nitrogens with one attached hydrogen (secondary N) is 1. The summed E-state index contributed by atoms with van der Waals surface area (Å²) < 4.78 is 5.28. The number of hydrogen-bond donors (Lipinski definition) is 1. The molecule has 0 radical (unpaired) electrons. The first-order valence-electron chi connectivity index (χ1n) is 8.14. The maximum atomic E-state index is 12.0. The molecule has 1 aliphatic rings. The summed E-state index contributed by atoms with van der Waals surface area (Å²) >= 11 is 0. The van der Waals surface area contributed by atoms with Gasteiger partial charge in [-0.25, -0.2) is 4.79 Å². The standard InChI is InChI=1S/C17H30N2O3/c1-13(2)12-14(18-16(21)22-17(3,4)5)8-9-15(20)19-10-6-7-11-19/h8-9,13-14H,6-7,10-12H2,1-5H3,(H,18,21)/b9-8+/t14-/m1/s1. The molecule has 0 bridgehead atoms. The van der Waals surface area contributed by atoms with Gasteiger partial charge in [0.1, 0.15) is 5.60 Å². The van der Waals surface area contributed by atoms with Crippen molar-refractivity contribution in [3.63, 3.8) is 0 Å². The molecule has 0 saturated carbocycles. The van der Waals surface area contributed by atoms with Gasteiger partial charge in [0.2, 0.25) is 5.91 Å². The quantitative estimate of drug-likeness (QED) is 0.794. The van der Waals surface area contributed by atoms with E-state index < -0.39 is 11.7 Å². The zero-order chi connectivity index (χ0) is 16.8. The molecule has 2 amide bonds. The number of ether oxygens (including phenoxy) is 1. The lowest BCUT2D eigenvalue weighted by molar-refractivity contribution is -0.125. The SMILES string of the molecule is CC(C)C[C@@H](/C=C/C(=O)N1CCCC1)NC(=O)OC(C)(C)C. The molecule has 1 fully saturated rings. The smallest absolute Gasteiger partial charge is 0.408 e. The molecule has 0 unspecified atom stereocenters. The molecular weight excluding hydrogens is 280 g/mol. The molecule has 0 aliphatic carbocycles. The third-order valence-electron chi connectivity index (χ3n) is 3.32. The zero-order valence-electron chi connectivity index (χ0n) is 14.5. The molecule has 1 aliphatic heterocycles. The third kappa shape index (κ3) is 7.48. The predicted molar refractivity (Wildman–Crippen MR) is 87.6 cm³/mol. The van der Waals surface area contributed by atoms with E-state index in [1.807, 2.05) is 25.7 Å². The Morgan fingerprint density at radius 1 is 1.23 bits per heavy atom. The van der Waals surface area contributed by atoms with Crippen LogP contribution in [0, 0.1) is 5.92 Å². The van der Waals surface area contributed by atoms with Crippen molar-refractivity contribution in [1.29, 1.82) is 0 Å². The normalized spacial score (nSPS) is 17.1. The van der Waals surface area contributed by atoms with E-state index in [2.05, 4.69) is 19.2 Å². The minimum absolute atomic E-state index is 0.0252. The summed E-state index contributed by atoms with van der Waals surface area (Å²) in [6, 6.07) is -0.193. The van der Waals surface area contributed by atoms with Gasteiger partial charge in [-0.1, -0.05) is 19.9 Å². The number of rotatable bonds is 5. The molecule has 0 aromatic carbocycles. The van der Waals surface area contributed by atoms with Gasteiger partial charge in [-0.15, -0.1) is 0 Å². The molecule has 0 aromatic rings. The summed E-state index contributed by atoms with van der Waals surface area (Å²) in [5.41, 5.74) is -0.526. The van der Waals surface area contributed by atoms with Gasteiger partial charge in [-0.05, 0) is 46.0 Å². The molecule has 0 spiro atoms. The van der Waals surface area contributed by atoms with Crippen molar-refractivity contribution in [3.05, 3.63) is 12.2 Å². The highest BCUT2D eigenvalue weighted by Gasteiger charge is 2.20. The van der Waals surface area contributed by atoms with Crippen LogP contribution in [0.15, 0.2) is 12.2 Å². The molecule has 126 valence electrons. The molecule has 1 atom stereocenters. The number of nitrogens with zero attached hydrogens (tertiary/aromatic N) is 1. The fourth-order valence-corrected chi connectivity index (χ4v) is 2.39. The van der Waals surface area contributed by atoms with Gasteiger partial charge in [-0.2, -0.15) is 0 Å². The third-order valence-corrected chi connectivity index (χ3v) is 3.32. The number of alkyl carbamates (subject to hydrolysis) is 1. The van der Waals surface area contributed by atoms with E-state index in [1.165, 1.54) is 0 Å². The van der Waals surface area contributed by atoms with Gasteiger partial charge in [0, 0.05) is 19.2 Å². The van der Waals surface area contributed by atoms with Gasteiger partial charge >= 0.3 is 6.09 Å². The molecule has 1 heterocycles. The van der Waals surface area contributed by atoms with Crippen molar-refractivity contribution in [3.8, 4) is 0 Å². The lowest BCUT2D eigenvalue weighted by Gasteiger charge is -2.23. The summed E-state index contributed by atoms with van der Waals surface area (Å²) in [6.07, 6.45) is 5.83. The predicted octanol–water partition coefficient (Wildman–Crippen LogP) is 3.10. The molecular formula is C17H30N2O3. The Balaban J connectivity index is 2.59. The number of likely N-dealkylation sites (tertiary alicyclic amines) is 1. The molecule has 1 rings (SSSR count). The van der Waals surface area contributed by atoms with Gasteiger partial charge < -0.3 is 15.0 Å². The molecule has 1 saturated heterocycles. The summed E-state index contributed by atoms with van der Waals surface area (Å²) in [7, 11) is 0. The Labute approximate surface area is 134 Å². The van der Waals surface area contributed by atoms with Crippen LogP contribution in [0.5, 0.6) is 0 Å². The Morgan fingerprint density at radius 2 is 1.82 bits per heavy atom. The highest BCUT2D eigenvalue weighted by Crippen LogP contribution is 2.11. The lowest BCUT2D eigenvalue weighted by atomic mass is 10.0. The monoisotopic (exact) mass is 310 g/mol. The Morgan fingerprint density at radius 3 is 2.32 bits per heavy atom. The van der Waals surface area contributed by atoms with Gasteiger partial charge in [0.15, 0.2) is 0 Å². The van der Waals surface area contributed by atoms with Crippen LogP contribution < -0.4 is 5.32 Å². The molecule has 1 N–H and O–H groups in total. The molecule has 0 aromatic heterocycles. The van der Waals surface area contributed by atoms with Crippen molar-refractivity contribution in [2.24, 2.45) is 5.92 Å². The number of hydrogen-bond acceptors (Lipinski definition) is 3. The average molecular weight is 310 g/mol. The molecule has 5 heteroatoms. The van der Waals surface area contributed by atoms with Crippen molar-refractivity contribution < 1.29 is 14.3 Å². The fraction of sp³-hybridized carbons (Fsp3) is 0.765. The van der Waals surface area contributed by atoms with Crippen molar-refractivity contribution in [2.75, 3.05) is 13.1 Å². The van der Waals surface area contributed by atoms with Gasteiger partial charge in [0.25, 0.3) is 0 Å². The van der Waals surface area contributed by atoms with E-state index in [1.54, 1.807) is 12.2 Å². The van der Waals surface area contributed by atoms with Gasteiger partial charge in [-0.3, -0.25) is 4.79 Å². The average Bonchev–Trinajstić information content (AvgIpc) is 2.86. The van der Waals surface area contributed by atoms with Crippen LogP contribution in [0.3, 0.4) is 0 Å². The van der Waals surface area contributed by atoms with E-state index in [0.717, 1.165) is 32.4 Å². The van der Waals surface area contributed by atoms with Crippen LogP contribution >= 0.6 is 0 Å². The van der Waals surface area contributed by atoms with Crippen molar-refractivity contribution in [1.82, 2.24) is 10.2 Å². The van der Waals surface area contributed by atoms with E-state index in [9.17, 15) is 9.59 Å². The van der Waals surface area contributed by atoms with Crippen molar-refractivity contribution in [2.45, 2.75) is 65.5 Å². The second-order valence-corrected chi connectivity index (χ2v) is 7.27. The van der Waals surface area contributed by atoms with E-state index in [4.69, 9.17) is 4.74 Å². The van der Waals surface area contributed by atoms with Crippen LogP contribution in [0.2, 0.25) is 0 Å². The minimum Gasteiger partial charge on any atom is -0.444 e. The number of carbonyl (C=O) groups is 2. The summed E-state index contributed by atoms with van der Waals surface area (Å²) in [6.45, 7) is 11.3. The summed E-state index contributed by atoms with van der Waals surface area (Å²) in [5, 5.41) is 2.83. The highest BCUT2D eigenvalue weighted by atomic mass is 16.6. The lowest BCUT2D eigenvalue weighted by Crippen LogP contribution is -2.39. The van der Waals surface area contributed by atoms with Crippen LogP contribution in [-0.4, -0.2) is 41.6 Å². The van der Waals surface area contributed by atoms with Crippen LogP contribution in [0.25, 0.3) is 0 Å². The van der Waals surface area contributed by atoms with Crippen molar-refractivity contribution >= 4 is 12.0 Å². The highest BCUT2D eigenvalue weighted by molar-refractivity contribution is 5.88. The largest absolute Gasteiger partial charge is 0.444 e. The first-order valence-corrected chi connectivity index (χ1v) is 8.14. The summed E-state index contributed by atoms with van der Waals surface area (Å²) in [4.78, 5) is 25.8. The molecule has 5 nitrogen and oxygen atoms in total. The maximum Gasteiger partial charge on any atom is 0.408 e. The summed E-state index contributed by atoms with van der Waals surface area (Å²) in [5.74, 6) is 0.434. The van der Waals surface area contributed by atoms with Gasteiger partial charge in [0.05, 0.1) is 6.04 Å². The second-order valence-electron chi connectivity index (χ2n) is 7.27.